The quantitative estimate of drug-likeness (QED) is 0.471. The molecule has 0 fully saturated rings. The summed E-state index contributed by atoms with van der Waals surface area (Å²) >= 11 is 0. The largest absolute Gasteiger partial charge is 0.674 e. The van der Waals surface area contributed by atoms with Crippen LogP contribution in [-0.2, 0) is 32.7 Å². The number of nitrogens with one attached hydrogen (secondary N) is 1. The van der Waals surface area contributed by atoms with Gasteiger partial charge in [-0.3, -0.25) is 0 Å². The third kappa shape index (κ3) is 2.81. The Morgan fingerprint density at radius 1 is 1.60 bits per heavy atom. The molecule has 1 rings (SSSR count). The molecule has 0 saturated heterocycles. The van der Waals surface area contributed by atoms with Crippen LogP contribution in [0.5, 0.6) is 0 Å². The molecule has 0 amide bonds. The first-order valence-electron chi connectivity index (χ1n) is 3.51. The summed E-state index contributed by atoms with van der Waals surface area (Å²) in [4.78, 5) is 0. The van der Waals surface area contributed by atoms with E-state index in [2.05, 4.69) is 19.1 Å². The van der Waals surface area contributed by atoms with Crippen molar-refractivity contribution >= 4 is 0 Å². The third-order valence-corrected chi connectivity index (χ3v) is 1.88. The van der Waals surface area contributed by atoms with Crippen LogP contribution in [0.3, 0.4) is 0 Å². The van der Waals surface area contributed by atoms with Gasteiger partial charge in [-0.15, -0.1) is 6.04 Å². The van der Waals surface area contributed by atoms with Gasteiger partial charge in [0.25, 0.3) is 0 Å². The van der Waals surface area contributed by atoms with Crippen molar-refractivity contribution in [2.45, 2.75) is 25.3 Å². The number of hydrogen-bond donors (Lipinski definition) is 0. The molecule has 1 N–H and O–H groups in total. The maximum absolute atomic E-state index is 7.54. The van der Waals surface area contributed by atoms with E-state index in [1.54, 1.807) is 0 Å². The van der Waals surface area contributed by atoms with E-state index in [0.29, 0.717) is 5.92 Å². The van der Waals surface area contributed by atoms with E-state index in [-0.39, 0.29) is 38.8 Å². The monoisotopic (exact) mass is 212 g/mol. The van der Waals surface area contributed by atoms with Gasteiger partial charge in [-0.2, -0.15) is 6.42 Å². The average molecular weight is 212 g/mol. The molecule has 0 saturated carbocycles. The number of allylic oxidation sites excluding steroid dienone is 1. The van der Waals surface area contributed by atoms with Gasteiger partial charge in [0, 0.05) is 32.7 Å². The molecule has 2 unspecified atom stereocenters. The van der Waals surface area contributed by atoms with Crippen LogP contribution in [0.25, 0.3) is 5.73 Å². The van der Waals surface area contributed by atoms with Gasteiger partial charge in [0.05, 0.1) is 0 Å². The van der Waals surface area contributed by atoms with Crippen molar-refractivity contribution in [3.8, 4) is 0 Å². The topological polar surface area (TPSA) is 23.8 Å². The zero-order valence-electron chi connectivity index (χ0n) is 6.22. The second-order valence-electron chi connectivity index (χ2n) is 2.56. The van der Waals surface area contributed by atoms with Crippen molar-refractivity contribution in [1.29, 1.82) is 0 Å². The van der Waals surface area contributed by atoms with E-state index in [0.717, 1.165) is 19.3 Å². The van der Waals surface area contributed by atoms with E-state index >= 15 is 0 Å². The van der Waals surface area contributed by atoms with E-state index in [4.69, 9.17) is 5.73 Å². The summed E-state index contributed by atoms with van der Waals surface area (Å²) < 4.78 is 0. The van der Waals surface area contributed by atoms with Crippen LogP contribution in [0.4, 0.5) is 0 Å². The molecule has 0 aromatic carbocycles. The summed E-state index contributed by atoms with van der Waals surface area (Å²) in [6.45, 7) is 3.79. The van der Waals surface area contributed by atoms with E-state index in [1.165, 1.54) is 0 Å². The van der Waals surface area contributed by atoms with Crippen LogP contribution in [0.15, 0.2) is 12.2 Å². The molecule has 0 aliphatic heterocycles. The van der Waals surface area contributed by atoms with Crippen LogP contribution < -0.4 is 0 Å². The summed E-state index contributed by atoms with van der Waals surface area (Å²) in [5.74, 6) is 0.429. The molecular formula is C8H13NY-2. The van der Waals surface area contributed by atoms with Gasteiger partial charge in [-0.25, -0.2) is 0 Å². The molecular weight excluding hydrogens is 199 g/mol. The molecule has 10 heavy (non-hydrogen) atoms. The first-order chi connectivity index (χ1) is 4.34. The Balaban J connectivity index is 0.000000810. The van der Waals surface area contributed by atoms with Crippen LogP contribution >= 0.6 is 0 Å². The van der Waals surface area contributed by atoms with Crippen molar-refractivity contribution in [3.63, 3.8) is 0 Å². The second-order valence-corrected chi connectivity index (χ2v) is 2.56. The maximum atomic E-state index is 7.54. The normalized spacial score (nSPS) is 31.4. The van der Waals surface area contributed by atoms with E-state index in [9.17, 15) is 0 Å². The van der Waals surface area contributed by atoms with Gasteiger partial charge in [0.2, 0.25) is 0 Å². The molecule has 2 heteroatoms. The number of rotatable bonds is 1. The smallest absolute Gasteiger partial charge is 0 e. The zero-order valence-corrected chi connectivity index (χ0v) is 9.05. The Labute approximate surface area is 88.3 Å². The van der Waals surface area contributed by atoms with Gasteiger partial charge in [0.15, 0.2) is 0 Å². The summed E-state index contributed by atoms with van der Waals surface area (Å²) in [7, 11) is 0. The Kier molecular flexibility index (Phi) is 5.89. The van der Waals surface area contributed by atoms with Gasteiger partial charge in [-0.1, -0.05) is 24.5 Å². The molecule has 1 aliphatic rings. The summed E-state index contributed by atoms with van der Waals surface area (Å²) in [6.07, 6.45) is 7.29. The molecule has 0 bridgehead atoms. The average Bonchev–Trinajstić information content (AvgIpc) is 1.89. The Morgan fingerprint density at radius 2 is 2.30 bits per heavy atom. The fourth-order valence-corrected chi connectivity index (χ4v) is 1.19. The fraction of sp³-hybridized carbons (Fsp3) is 0.625. The van der Waals surface area contributed by atoms with E-state index < -0.39 is 0 Å². The molecule has 0 spiro atoms. The minimum atomic E-state index is 0. The fourth-order valence-electron chi connectivity index (χ4n) is 1.19. The maximum Gasteiger partial charge on any atom is 0 e. The predicted molar refractivity (Wildman–Crippen MR) is 39.9 cm³/mol. The minimum Gasteiger partial charge on any atom is -0.674 e. The molecule has 1 radical (unpaired) electrons. The third-order valence-electron chi connectivity index (χ3n) is 1.88. The van der Waals surface area contributed by atoms with Crippen molar-refractivity contribution in [2.24, 2.45) is 5.92 Å². The first-order valence-corrected chi connectivity index (χ1v) is 3.51. The molecule has 1 aliphatic carbocycles. The molecule has 1 nitrogen and oxygen atoms in total. The standard InChI is InChI=1S/C8H13N.Y/c1-2-7-5-3-4-6-8(7)9;/h3,5,7-9H,1-2,4,6H2;/q-2;. The molecule has 55 valence electrons. The molecule has 0 aromatic rings. The summed E-state index contributed by atoms with van der Waals surface area (Å²) in [5, 5.41) is 0. The van der Waals surface area contributed by atoms with Crippen LogP contribution in [-0.4, -0.2) is 6.04 Å². The molecule has 2 atom stereocenters. The van der Waals surface area contributed by atoms with Crippen LogP contribution in [0.2, 0.25) is 0 Å². The molecule has 0 aromatic heterocycles. The van der Waals surface area contributed by atoms with Crippen LogP contribution in [0, 0.1) is 12.8 Å². The number of hydrogen-bond acceptors (Lipinski definition) is 0. The van der Waals surface area contributed by atoms with E-state index in [1.807, 2.05) is 0 Å². The second kappa shape index (κ2) is 5.45. The van der Waals surface area contributed by atoms with Crippen LogP contribution in [0.1, 0.15) is 19.3 Å². The van der Waals surface area contributed by atoms with Gasteiger partial charge >= 0.3 is 0 Å². The summed E-state index contributed by atoms with van der Waals surface area (Å²) in [6, 6.07) is 0.118. The Bertz CT molecular complexity index is 112. The SMILES string of the molecule is [CH2-]CC1C=CCCC1[NH-].[Y]. The van der Waals surface area contributed by atoms with Crippen molar-refractivity contribution in [3.05, 3.63) is 24.8 Å². The van der Waals surface area contributed by atoms with Gasteiger partial charge < -0.3 is 12.7 Å². The van der Waals surface area contributed by atoms with Gasteiger partial charge in [-0.05, 0) is 6.42 Å². The Hall–Kier alpha value is 0.804. The van der Waals surface area contributed by atoms with Crippen molar-refractivity contribution in [1.82, 2.24) is 0 Å². The first kappa shape index (κ1) is 10.8. The Morgan fingerprint density at radius 3 is 2.70 bits per heavy atom. The minimum absolute atomic E-state index is 0. The van der Waals surface area contributed by atoms with Crippen molar-refractivity contribution in [2.75, 3.05) is 0 Å². The predicted octanol–water partition coefficient (Wildman–Crippen LogP) is 2.60. The van der Waals surface area contributed by atoms with Gasteiger partial charge in [0.1, 0.15) is 0 Å². The summed E-state index contributed by atoms with van der Waals surface area (Å²) in [5.41, 5.74) is 7.54. The molecule has 0 heterocycles. The zero-order chi connectivity index (χ0) is 6.69. The van der Waals surface area contributed by atoms with Crippen molar-refractivity contribution < 1.29 is 32.7 Å².